The number of nitrogens with one attached hydrogen (secondary N) is 1. The Hall–Kier alpha value is -2.99. The van der Waals surface area contributed by atoms with Gasteiger partial charge in [0.1, 0.15) is 11.0 Å². The third-order valence-electron chi connectivity index (χ3n) is 6.97. The third-order valence-corrected chi connectivity index (χ3v) is 7.99. The van der Waals surface area contributed by atoms with E-state index < -0.39 is 6.04 Å². The van der Waals surface area contributed by atoms with Gasteiger partial charge >= 0.3 is 0 Å². The number of carbonyl (C=O) groups is 2. The predicted molar refractivity (Wildman–Crippen MR) is 131 cm³/mol. The lowest BCUT2D eigenvalue weighted by Gasteiger charge is -2.34. The standard InChI is InChI=1S/C27H29N3O2S/c1-18(26-29-22(17-33-26)19-10-4-2-5-11-19)28-25(31)24-16-21-14-8-9-15-23(21)30(24)27(32)20-12-6-3-7-13-20/h2-7,10-13,17-18,21,23-24H,8-9,14-16H2,1H3,(H,28,31). The van der Waals surface area contributed by atoms with Crippen LogP contribution in [-0.2, 0) is 4.79 Å². The average Bonchev–Trinajstić information content (AvgIpc) is 3.50. The van der Waals surface area contributed by atoms with E-state index in [2.05, 4.69) is 5.32 Å². The van der Waals surface area contributed by atoms with Crippen molar-refractivity contribution in [1.82, 2.24) is 15.2 Å². The van der Waals surface area contributed by atoms with Crippen molar-refractivity contribution in [2.45, 2.75) is 57.2 Å². The van der Waals surface area contributed by atoms with E-state index in [0.29, 0.717) is 11.5 Å². The molecule has 33 heavy (non-hydrogen) atoms. The van der Waals surface area contributed by atoms with Gasteiger partial charge in [0.25, 0.3) is 5.91 Å². The topological polar surface area (TPSA) is 62.3 Å². The molecule has 0 spiro atoms. The van der Waals surface area contributed by atoms with Crippen molar-refractivity contribution < 1.29 is 9.59 Å². The van der Waals surface area contributed by atoms with Crippen LogP contribution in [-0.4, -0.2) is 33.8 Å². The van der Waals surface area contributed by atoms with E-state index in [1.807, 2.05) is 77.9 Å². The molecule has 0 radical (unpaired) electrons. The van der Waals surface area contributed by atoms with E-state index in [9.17, 15) is 9.59 Å². The van der Waals surface area contributed by atoms with Gasteiger partial charge in [0.05, 0.1) is 11.7 Å². The quantitative estimate of drug-likeness (QED) is 0.551. The summed E-state index contributed by atoms with van der Waals surface area (Å²) in [5.74, 6) is 0.304. The molecule has 6 heteroatoms. The van der Waals surface area contributed by atoms with E-state index in [1.54, 1.807) is 11.3 Å². The highest BCUT2D eigenvalue weighted by Gasteiger charge is 2.47. The smallest absolute Gasteiger partial charge is 0.254 e. The SMILES string of the molecule is CC(NC(=O)C1CC2CCCCC2N1C(=O)c1ccccc1)c1nc(-c2ccccc2)cs1. The maximum absolute atomic E-state index is 13.5. The molecule has 2 aromatic carbocycles. The zero-order valence-electron chi connectivity index (χ0n) is 18.8. The first-order chi connectivity index (χ1) is 16.1. The molecule has 2 aliphatic rings. The Morgan fingerprint density at radius 3 is 2.48 bits per heavy atom. The van der Waals surface area contributed by atoms with E-state index in [1.165, 1.54) is 6.42 Å². The number of benzene rings is 2. The van der Waals surface area contributed by atoms with Gasteiger partial charge in [-0.3, -0.25) is 9.59 Å². The molecule has 1 aliphatic heterocycles. The number of nitrogens with zero attached hydrogens (tertiary/aromatic N) is 2. The summed E-state index contributed by atoms with van der Waals surface area (Å²) in [7, 11) is 0. The van der Waals surface area contributed by atoms with Gasteiger partial charge < -0.3 is 10.2 Å². The second kappa shape index (κ2) is 9.48. The van der Waals surface area contributed by atoms with Crippen LogP contribution < -0.4 is 5.32 Å². The van der Waals surface area contributed by atoms with Gasteiger partial charge in [-0.1, -0.05) is 61.4 Å². The first-order valence-corrected chi connectivity index (χ1v) is 12.7. The fourth-order valence-electron chi connectivity index (χ4n) is 5.32. The number of likely N-dealkylation sites (tertiary alicyclic amines) is 1. The van der Waals surface area contributed by atoms with Crippen LogP contribution in [0.15, 0.2) is 66.0 Å². The van der Waals surface area contributed by atoms with E-state index in [4.69, 9.17) is 4.98 Å². The van der Waals surface area contributed by atoms with Gasteiger partial charge in [-0.25, -0.2) is 4.98 Å². The second-order valence-electron chi connectivity index (χ2n) is 9.11. The number of aromatic nitrogens is 1. The van der Waals surface area contributed by atoms with Crippen LogP contribution in [0.5, 0.6) is 0 Å². The van der Waals surface area contributed by atoms with Crippen molar-refractivity contribution in [1.29, 1.82) is 0 Å². The van der Waals surface area contributed by atoms with Crippen molar-refractivity contribution in [3.63, 3.8) is 0 Å². The van der Waals surface area contributed by atoms with E-state index in [0.717, 1.165) is 41.9 Å². The lowest BCUT2D eigenvalue weighted by Crippen LogP contribution is -2.50. The fourth-order valence-corrected chi connectivity index (χ4v) is 6.15. The van der Waals surface area contributed by atoms with Crippen molar-refractivity contribution in [3.05, 3.63) is 76.6 Å². The molecule has 170 valence electrons. The Bertz CT molecular complexity index is 1110. The van der Waals surface area contributed by atoms with Crippen molar-refractivity contribution in [2.75, 3.05) is 0 Å². The van der Waals surface area contributed by atoms with Crippen molar-refractivity contribution in [2.24, 2.45) is 5.92 Å². The second-order valence-corrected chi connectivity index (χ2v) is 10.00. The number of carbonyl (C=O) groups excluding carboxylic acids is 2. The lowest BCUT2D eigenvalue weighted by molar-refractivity contribution is -0.125. The summed E-state index contributed by atoms with van der Waals surface area (Å²) < 4.78 is 0. The molecule has 3 aromatic rings. The largest absolute Gasteiger partial charge is 0.345 e. The zero-order valence-corrected chi connectivity index (χ0v) is 19.6. The van der Waals surface area contributed by atoms with Gasteiger partial charge in [-0.05, 0) is 44.2 Å². The number of rotatable bonds is 5. The molecule has 0 bridgehead atoms. The number of hydrogen-bond donors (Lipinski definition) is 1. The summed E-state index contributed by atoms with van der Waals surface area (Å²) in [6.45, 7) is 1.97. The number of thiazole rings is 1. The number of amides is 2. The first kappa shape index (κ1) is 21.8. The van der Waals surface area contributed by atoms with E-state index >= 15 is 0 Å². The normalized spacial score (nSPS) is 23.1. The molecule has 2 fully saturated rings. The summed E-state index contributed by atoms with van der Waals surface area (Å²) in [5, 5.41) is 6.07. The first-order valence-electron chi connectivity index (χ1n) is 11.8. The van der Waals surface area contributed by atoms with Gasteiger partial charge in [0.2, 0.25) is 5.91 Å². The van der Waals surface area contributed by atoms with E-state index in [-0.39, 0.29) is 23.9 Å². The summed E-state index contributed by atoms with van der Waals surface area (Å²) in [5.41, 5.74) is 2.64. The van der Waals surface area contributed by atoms with Crippen LogP contribution >= 0.6 is 11.3 Å². The molecule has 2 heterocycles. The summed E-state index contributed by atoms with van der Waals surface area (Å²) in [6.07, 6.45) is 5.12. The van der Waals surface area contributed by atoms with Crippen LogP contribution in [0.1, 0.15) is 60.4 Å². The Labute approximate surface area is 198 Å². The van der Waals surface area contributed by atoms with Crippen LogP contribution in [0.25, 0.3) is 11.3 Å². The molecule has 1 saturated carbocycles. The molecule has 1 aliphatic carbocycles. The molecule has 1 saturated heterocycles. The molecule has 5 rings (SSSR count). The minimum atomic E-state index is -0.429. The molecular weight excluding hydrogens is 430 g/mol. The van der Waals surface area contributed by atoms with Crippen LogP contribution in [0.4, 0.5) is 0 Å². The fraction of sp³-hybridized carbons (Fsp3) is 0.370. The summed E-state index contributed by atoms with van der Waals surface area (Å²) >= 11 is 1.55. The predicted octanol–water partition coefficient (Wildman–Crippen LogP) is 5.46. The molecule has 2 amide bonds. The Morgan fingerprint density at radius 2 is 1.73 bits per heavy atom. The third kappa shape index (κ3) is 4.44. The Balaban J connectivity index is 1.34. The molecule has 1 aromatic heterocycles. The van der Waals surface area contributed by atoms with Crippen LogP contribution in [0.2, 0.25) is 0 Å². The monoisotopic (exact) mass is 459 g/mol. The molecular formula is C27H29N3O2S. The molecule has 4 atom stereocenters. The summed E-state index contributed by atoms with van der Waals surface area (Å²) in [6, 6.07) is 18.9. The highest BCUT2D eigenvalue weighted by Crippen LogP contribution is 2.41. The maximum Gasteiger partial charge on any atom is 0.254 e. The van der Waals surface area contributed by atoms with Crippen molar-refractivity contribution >= 4 is 23.2 Å². The minimum Gasteiger partial charge on any atom is -0.345 e. The van der Waals surface area contributed by atoms with Crippen molar-refractivity contribution in [3.8, 4) is 11.3 Å². The molecule has 5 nitrogen and oxygen atoms in total. The zero-order chi connectivity index (χ0) is 22.8. The lowest BCUT2D eigenvalue weighted by atomic mass is 9.84. The molecule has 1 N–H and O–H groups in total. The molecule has 4 unspecified atom stereocenters. The Morgan fingerprint density at radius 1 is 1.03 bits per heavy atom. The van der Waals surface area contributed by atoms with Gasteiger partial charge in [0, 0.05) is 22.5 Å². The van der Waals surface area contributed by atoms with Crippen LogP contribution in [0, 0.1) is 5.92 Å². The summed E-state index contributed by atoms with van der Waals surface area (Å²) in [4.78, 5) is 33.6. The van der Waals surface area contributed by atoms with Crippen LogP contribution in [0.3, 0.4) is 0 Å². The number of hydrogen-bond acceptors (Lipinski definition) is 4. The highest BCUT2D eigenvalue weighted by atomic mass is 32.1. The minimum absolute atomic E-state index is 0.0292. The Kier molecular flexibility index (Phi) is 6.27. The highest BCUT2D eigenvalue weighted by molar-refractivity contribution is 7.10. The van der Waals surface area contributed by atoms with Gasteiger partial charge in [-0.15, -0.1) is 11.3 Å². The number of fused-ring (bicyclic) bond motifs is 1. The van der Waals surface area contributed by atoms with Gasteiger partial charge in [-0.2, -0.15) is 0 Å². The maximum atomic E-state index is 13.5. The average molecular weight is 460 g/mol. The van der Waals surface area contributed by atoms with Gasteiger partial charge in [0.15, 0.2) is 0 Å².